The molecule has 0 aliphatic carbocycles. The number of nitrogens with zero attached hydrogens (tertiary/aromatic N) is 2. The van der Waals surface area contributed by atoms with Gasteiger partial charge in [-0.05, 0) is 26.0 Å². The van der Waals surface area contributed by atoms with E-state index in [0.29, 0.717) is 12.1 Å². The zero-order valence-corrected chi connectivity index (χ0v) is 8.36. The maximum Gasteiger partial charge on any atom is 0.0962 e. The Morgan fingerprint density at radius 2 is 2.21 bits per heavy atom. The number of hydrogen-bond acceptors (Lipinski definition) is 2. The normalized spacial score (nSPS) is 25.0. The van der Waals surface area contributed by atoms with E-state index < -0.39 is 0 Å². The van der Waals surface area contributed by atoms with Crippen LogP contribution in [0.5, 0.6) is 0 Å². The molecule has 2 atom stereocenters. The maximum absolute atomic E-state index is 4.40. The van der Waals surface area contributed by atoms with Crippen LogP contribution in [0.2, 0.25) is 0 Å². The lowest BCUT2D eigenvalue weighted by Gasteiger charge is -2.29. The molecule has 0 saturated heterocycles. The van der Waals surface area contributed by atoms with Crippen molar-refractivity contribution >= 4 is 16.7 Å². The van der Waals surface area contributed by atoms with Crippen molar-refractivity contribution in [2.45, 2.75) is 25.9 Å². The van der Waals surface area contributed by atoms with Gasteiger partial charge in [-0.2, -0.15) is 0 Å². The molecule has 3 nitrogen and oxygen atoms in total. The van der Waals surface area contributed by atoms with Crippen molar-refractivity contribution < 1.29 is 0 Å². The van der Waals surface area contributed by atoms with Gasteiger partial charge in [0.05, 0.1) is 29.1 Å². The Bertz CT molecular complexity index is 486. The highest BCUT2D eigenvalue weighted by Gasteiger charge is 2.23. The van der Waals surface area contributed by atoms with E-state index in [1.807, 2.05) is 12.4 Å². The number of imidazole rings is 1. The van der Waals surface area contributed by atoms with Crippen LogP contribution in [0.15, 0.2) is 24.5 Å². The minimum atomic E-state index is 0.460. The summed E-state index contributed by atoms with van der Waals surface area (Å²) in [5.41, 5.74) is 3.51. The molecule has 2 aromatic rings. The summed E-state index contributed by atoms with van der Waals surface area (Å²) in [5.74, 6) is 0. The van der Waals surface area contributed by atoms with Gasteiger partial charge in [-0.1, -0.05) is 6.07 Å². The second-order valence-electron chi connectivity index (χ2n) is 4.00. The van der Waals surface area contributed by atoms with Gasteiger partial charge in [-0.15, -0.1) is 0 Å². The number of para-hydroxylation sites is 1. The van der Waals surface area contributed by atoms with Crippen LogP contribution in [0.3, 0.4) is 0 Å². The quantitative estimate of drug-likeness (QED) is 0.686. The first-order valence-corrected chi connectivity index (χ1v) is 4.99. The van der Waals surface area contributed by atoms with Gasteiger partial charge < -0.3 is 9.88 Å². The number of benzene rings is 1. The Morgan fingerprint density at radius 3 is 3.07 bits per heavy atom. The van der Waals surface area contributed by atoms with Gasteiger partial charge in [0.15, 0.2) is 0 Å². The van der Waals surface area contributed by atoms with Crippen molar-refractivity contribution in [1.29, 1.82) is 0 Å². The fourth-order valence-electron chi connectivity index (χ4n) is 2.12. The van der Waals surface area contributed by atoms with E-state index in [0.717, 1.165) is 5.52 Å². The van der Waals surface area contributed by atoms with E-state index in [1.54, 1.807) is 0 Å². The summed E-state index contributed by atoms with van der Waals surface area (Å²) in [6.07, 6.45) is 1.94. The molecule has 1 N–H and O–H groups in total. The van der Waals surface area contributed by atoms with Gasteiger partial charge in [0.25, 0.3) is 0 Å². The summed E-state index contributed by atoms with van der Waals surface area (Å²) in [6.45, 7) is 4.42. The summed E-state index contributed by atoms with van der Waals surface area (Å²) in [7, 11) is 0. The molecule has 0 unspecified atom stereocenters. The highest BCUT2D eigenvalue weighted by Crippen LogP contribution is 2.32. The van der Waals surface area contributed by atoms with Crippen LogP contribution < -0.4 is 5.32 Å². The van der Waals surface area contributed by atoms with E-state index in [9.17, 15) is 0 Å². The predicted molar refractivity (Wildman–Crippen MR) is 57.5 cm³/mol. The molecule has 0 saturated carbocycles. The van der Waals surface area contributed by atoms with Crippen molar-refractivity contribution in [2.24, 2.45) is 0 Å². The fraction of sp³-hybridized carbons (Fsp3) is 0.364. The Morgan fingerprint density at radius 1 is 1.36 bits per heavy atom. The van der Waals surface area contributed by atoms with E-state index >= 15 is 0 Å². The SMILES string of the molecule is C[C@H]1Nc2cccc3ncn(c23)[C@H]1C. The van der Waals surface area contributed by atoms with Crippen LogP contribution in [0.4, 0.5) is 5.69 Å². The largest absolute Gasteiger partial charge is 0.379 e. The van der Waals surface area contributed by atoms with Crippen molar-refractivity contribution in [3.63, 3.8) is 0 Å². The number of anilines is 1. The zero-order valence-electron chi connectivity index (χ0n) is 8.36. The lowest BCUT2D eigenvalue weighted by molar-refractivity contribution is 0.488. The molecule has 3 rings (SSSR count). The molecule has 0 fully saturated rings. The van der Waals surface area contributed by atoms with Crippen molar-refractivity contribution in [3.8, 4) is 0 Å². The first kappa shape index (κ1) is 7.85. The van der Waals surface area contributed by atoms with E-state index in [2.05, 4.69) is 40.8 Å². The van der Waals surface area contributed by atoms with E-state index in [1.165, 1.54) is 11.2 Å². The molecule has 0 bridgehead atoms. The summed E-state index contributed by atoms with van der Waals surface area (Å²) in [4.78, 5) is 4.40. The zero-order chi connectivity index (χ0) is 9.71. The van der Waals surface area contributed by atoms with Crippen LogP contribution in [0.25, 0.3) is 11.0 Å². The Labute approximate surface area is 82.8 Å². The van der Waals surface area contributed by atoms with Crippen molar-refractivity contribution in [2.75, 3.05) is 5.32 Å². The molecule has 1 aliphatic heterocycles. The first-order chi connectivity index (χ1) is 6.77. The molecule has 0 radical (unpaired) electrons. The molecular weight excluding hydrogens is 174 g/mol. The molecule has 1 aromatic heterocycles. The molecule has 14 heavy (non-hydrogen) atoms. The van der Waals surface area contributed by atoms with Gasteiger partial charge >= 0.3 is 0 Å². The first-order valence-electron chi connectivity index (χ1n) is 4.99. The second-order valence-corrected chi connectivity index (χ2v) is 4.00. The monoisotopic (exact) mass is 187 g/mol. The van der Waals surface area contributed by atoms with Crippen LogP contribution in [0, 0.1) is 0 Å². The minimum absolute atomic E-state index is 0.460. The Kier molecular flexibility index (Phi) is 1.40. The number of aromatic nitrogens is 2. The van der Waals surface area contributed by atoms with Gasteiger partial charge in [-0.3, -0.25) is 0 Å². The van der Waals surface area contributed by atoms with Crippen molar-refractivity contribution in [1.82, 2.24) is 9.55 Å². The maximum atomic E-state index is 4.40. The fourth-order valence-corrected chi connectivity index (χ4v) is 2.12. The lowest BCUT2D eigenvalue weighted by Crippen LogP contribution is -2.30. The highest BCUT2D eigenvalue weighted by atomic mass is 15.2. The smallest absolute Gasteiger partial charge is 0.0962 e. The van der Waals surface area contributed by atoms with Gasteiger partial charge in [-0.25, -0.2) is 4.98 Å². The van der Waals surface area contributed by atoms with Crippen molar-refractivity contribution in [3.05, 3.63) is 24.5 Å². The summed E-state index contributed by atoms with van der Waals surface area (Å²) < 4.78 is 2.26. The molecule has 72 valence electrons. The summed E-state index contributed by atoms with van der Waals surface area (Å²) in [6, 6.07) is 7.14. The van der Waals surface area contributed by atoms with Gasteiger partial charge in [0.2, 0.25) is 0 Å². The average molecular weight is 187 g/mol. The van der Waals surface area contributed by atoms with Crippen LogP contribution in [-0.4, -0.2) is 15.6 Å². The molecular formula is C11H13N3. The minimum Gasteiger partial charge on any atom is -0.379 e. The number of rotatable bonds is 0. The molecule has 1 aromatic carbocycles. The molecule has 2 heterocycles. The van der Waals surface area contributed by atoms with Gasteiger partial charge in [0, 0.05) is 6.04 Å². The average Bonchev–Trinajstić information content (AvgIpc) is 2.60. The molecule has 1 aliphatic rings. The van der Waals surface area contributed by atoms with Crippen LogP contribution in [-0.2, 0) is 0 Å². The third-order valence-electron chi connectivity index (χ3n) is 3.14. The molecule has 3 heteroatoms. The summed E-state index contributed by atoms with van der Waals surface area (Å²) in [5, 5.41) is 3.50. The van der Waals surface area contributed by atoms with Crippen LogP contribution in [0.1, 0.15) is 19.9 Å². The van der Waals surface area contributed by atoms with E-state index in [4.69, 9.17) is 0 Å². The van der Waals surface area contributed by atoms with E-state index in [-0.39, 0.29) is 0 Å². The topological polar surface area (TPSA) is 29.9 Å². The standard InChI is InChI=1S/C11H13N3/c1-7-8(2)14-6-12-9-4-3-5-10(13-7)11(9)14/h3-8,13H,1-2H3/t7-,8+/m1/s1. The number of hydrogen-bond donors (Lipinski definition) is 1. The Hall–Kier alpha value is -1.51. The second kappa shape index (κ2) is 2.50. The summed E-state index contributed by atoms with van der Waals surface area (Å²) >= 11 is 0. The lowest BCUT2D eigenvalue weighted by atomic mass is 10.1. The Balaban J connectivity index is 2.38. The number of nitrogens with one attached hydrogen (secondary N) is 1. The van der Waals surface area contributed by atoms with Crippen LogP contribution >= 0.6 is 0 Å². The predicted octanol–water partition coefficient (Wildman–Crippen LogP) is 2.41. The third-order valence-corrected chi connectivity index (χ3v) is 3.14. The highest BCUT2D eigenvalue weighted by molar-refractivity contribution is 5.89. The molecule has 0 spiro atoms. The van der Waals surface area contributed by atoms with Gasteiger partial charge in [0.1, 0.15) is 0 Å². The third kappa shape index (κ3) is 0.842. The molecule has 0 amide bonds.